The van der Waals surface area contributed by atoms with Gasteiger partial charge in [-0.1, -0.05) is 11.8 Å². The summed E-state index contributed by atoms with van der Waals surface area (Å²) in [5.74, 6) is 5.72. The van der Waals surface area contributed by atoms with E-state index in [2.05, 4.69) is 49.0 Å². The first-order valence-electron chi connectivity index (χ1n) is 5.60. The molecule has 0 aliphatic rings. The van der Waals surface area contributed by atoms with Crippen molar-refractivity contribution in [1.29, 1.82) is 0 Å². The minimum atomic E-state index is -0.107. The molecule has 0 atom stereocenters. The van der Waals surface area contributed by atoms with Gasteiger partial charge in [-0.3, -0.25) is 4.79 Å². The molecule has 2 heterocycles. The molecule has 0 fully saturated rings. The number of hydrogen-bond acceptors (Lipinski definition) is 4. The van der Waals surface area contributed by atoms with E-state index >= 15 is 0 Å². The lowest BCUT2D eigenvalue weighted by atomic mass is 10.2. The van der Waals surface area contributed by atoms with Crippen LogP contribution in [-0.2, 0) is 6.54 Å². The molecule has 0 aromatic carbocycles. The third kappa shape index (κ3) is 3.93. The van der Waals surface area contributed by atoms with Crippen molar-refractivity contribution in [3.05, 3.63) is 41.1 Å². The summed E-state index contributed by atoms with van der Waals surface area (Å²) in [6, 6.07) is 3.74. The number of rotatable bonds is 3. The van der Waals surface area contributed by atoms with Crippen LogP contribution in [0.4, 0.5) is 0 Å². The average Bonchev–Trinajstić information content (AvgIpc) is 2.99. The Bertz CT molecular complexity index is 682. The highest BCUT2D eigenvalue weighted by molar-refractivity contribution is 9.12. The van der Waals surface area contributed by atoms with Gasteiger partial charge in [0.1, 0.15) is 0 Å². The summed E-state index contributed by atoms with van der Waals surface area (Å²) in [5, 5.41) is 4.86. The van der Waals surface area contributed by atoms with E-state index in [1.54, 1.807) is 17.4 Å². The molecule has 3 nitrogen and oxygen atoms in total. The van der Waals surface area contributed by atoms with Crippen LogP contribution >= 0.6 is 54.5 Å². The molecule has 2 rings (SSSR count). The molecule has 0 radical (unpaired) electrons. The van der Waals surface area contributed by atoms with Crippen LogP contribution in [0.1, 0.15) is 20.8 Å². The van der Waals surface area contributed by atoms with Crippen molar-refractivity contribution in [3.8, 4) is 11.8 Å². The Morgan fingerprint density at radius 3 is 2.90 bits per heavy atom. The van der Waals surface area contributed by atoms with Crippen LogP contribution in [0.25, 0.3) is 0 Å². The first-order chi connectivity index (χ1) is 9.61. The zero-order valence-corrected chi connectivity index (χ0v) is 15.0. The highest BCUT2D eigenvalue weighted by atomic mass is 79.9. The minimum absolute atomic E-state index is 0.107. The van der Waals surface area contributed by atoms with Crippen molar-refractivity contribution in [2.75, 3.05) is 6.54 Å². The molecule has 104 valence electrons. The zero-order valence-electron chi connectivity index (χ0n) is 10.2. The molecule has 0 bridgehead atoms. The second kappa shape index (κ2) is 7.38. The Labute approximate surface area is 141 Å². The monoisotopic (exact) mass is 432 g/mol. The summed E-state index contributed by atoms with van der Waals surface area (Å²) in [5.41, 5.74) is 6.92. The van der Waals surface area contributed by atoms with Crippen LogP contribution in [-0.4, -0.2) is 12.5 Å². The first kappa shape index (κ1) is 15.7. The van der Waals surface area contributed by atoms with Crippen LogP contribution < -0.4 is 11.1 Å². The van der Waals surface area contributed by atoms with Gasteiger partial charge in [-0.05, 0) is 49.4 Å². The van der Waals surface area contributed by atoms with Gasteiger partial charge in [0.15, 0.2) is 0 Å². The Morgan fingerprint density at radius 2 is 2.25 bits per heavy atom. The average molecular weight is 434 g/mol. The number of thiophene rings is 2. The second-order valence-corrected chi connectivity index (χ2v) is 8.43. The van der Waals surface area contributed by atoms with Gasteiger partial charge >= 0.3 is 0 Å². The minimum Gasteiger partial charge on any atom is -0.347 e. The summed E-state index contributed by atoms with van der Waals surface area (Å²) in [6.45, 7) is 0.794. The molecule has 0 spiro atoms. The number of amides is 1. The largest absolute Gasteiger partial charge is 0.347 e. The van der Waals surface area contributed by atoms with Gasteiger partial charge in [-0.15, -0.1) is 22.7 Å². The van der Waals surface area contributed by atoms with E-state index in [0.717, 1.165) is 18.0 Å². The molecule has 2 aromatic heterocycles. The standard InChI is InChI=1S/C13H10Br2N2OS2/c14-11-6-9(12(15)20-11)13(18)17-7-10-8(2-1-4-16)3-5-19-10/h3,5-6H,4,7,16H2,(H,17,18). The van der Waals surface area contributed by atoms with Crippen LogP contribution in [0.5, 0.6) is 0 Å². The third-order valence-electron chi connectivity index (χ3n) is 2.38. The van der Waals surface area contributed by atoms with E-state index in [1.807, 2.05) is 11.4 Å². The molecule has 7 heteroatoms. The van der Waals surface area contributed by atoms with E-state index < -0.39 is 0 Å². The van der Waals surface area contributed by atoms with Gasteiger partial charge in [-0.25, -0.2) is 0 Å². The van der Waals surface area contributed by atoms with Crippen molar-refractivity contribution >= 4 is 60.4 Å². The Morgan fingerprint density at radius 1 is 1.45 bits per heavy atom. The fourth-order valence-corrected chi connectivity index (χ4v) is 5.05. The second-order valence-electron chi connectivity index (χ2n) is 3.68. The first-order valence-corrected chi connectivity index (χ1v) is 8.88. The van der Waals surface area contributed by atoms with Gasteiger partial charge in [0.05, 0.1) is 26.2 Å². The van der Waals surface area contributed by atoms with Crippen LogP contribution in [0, 0.1) is 11.8 Å². The number of halogens is 2. The van der Waals surface area contributed by atoms with Crippen LogP contribution in [0.3, 0.4) is 0 Å². The molecule has 0 unspecified atom stereocenters. The number of hydrogen-bond donors (Lipinski definition) is 2. The molecular formula is C13H10Br2N2OS2. The smallest absolute Gasteiger partial charge is 0.253 e. The summed E-state index contributed by atoms with van der Waals surface area (Å²) in [6.07, 6.45) is 0. The van der Waals surface area contributed by atoms with Crippen molar-refractivity contribution in [3.63, 3.8) is 0 Å². The van der Waals surface area contributed by atoms with Gasteiger partial charge in [0.2, 0.25) is 0 Å². The SMILES string of the molecule is NCC#Cc1ccsc1CNC(=O)c1cc(Br)sc1Br. The van der Waals surface area contributed by atoms with Gasteiger partial charge in [-0.2, -0.15) is 0 Å². The predicted molar refractivity (Wildman–Crippen MR) is 91.1 cm³/mol. The highest BCUT2D eigenvalue weighted by Crippen LogP contribution is 2.31. The topological polar surface area (TPSA) is 55.1 Å². The Hall–Kier alpha value is -0.650. The van der Waals surface area contributed by atoms with Crippen molar-refractivity contribution in [2.24, 2.45) is 5.73 Å². The molecule has 20 heavy (non-hydrogen) atoms. The van der Waals surface area contributed by atoms with Crippen molar-refractivity contribution < 1.29 is 4.79 Å². The Kier molecular flexibility index (Phi) is 5.81. The fraction of sp³-hybridized carbons (Fsp3) is 0.154. The number of nitrogens with two attached hydrogens (primary N) is 1. The van der Waals surface area contributed by atoms with Crippen molar-refractivity contribution in [2.45, 2.75) is 6.54 Å². The lowest BCUT2D eigenvalue weighted by Crippen LogP contribution is -2.22. The molecule has 0 saturated carbocycles. The van der Waals surface area contributed by atoms with E-state index in [4.69, 9.17) is 5.73 Å². The van der Waals surface area contributed by atoms with E-state index in [1.165, 1.54) is 11.3 Å². The molecule has 2 aromatic rings. The summed E-state index contributed by atoms with van der Waals surface area (Å²) in [4.78, 5) is 13.1. The normalized spacial score (nSPS) is 9.95. The molecule has 1 amide bonds. The summed E-state index contributed by atoms with van der Waals surface area (Å²) < 4.78 is 1.73. The molecule has 3 N–H and O–H groups in total. The van der Waals surface area contributed by atoms with Gasteiger partial charge in [0.25, 0.3) is 5.91 Å². The number of nitrogens with one attached hydrogen (secondary N) is 1. The molecule has 0 saturated heterocycles. The molecular weight excluding hydrogens is 424 g/mol. The van der Waals surface area contributed by atoms with Crippen LogP contribution in [0.2, 0.25) is 0 Å². The summed E-state index contributed by atoms with van der Waals surface area (Å²) in [7, 11) is 0. The Balaban J connectivity index is 2.04. The molecule has 0 aliphatic carbocycles. The van der Waals surface area contributed by atoms with Crippen molar-refractivity contribution in [1.82, 2.24) is 5.32 Å². The van der Waals surface area contributed by atoms with Gasteiger partial charge < -0.3 is 11.1 Å². The lowest BCUT2D eigenvalue weighted by Gasteiger charge is -2.03. The maximum atomic E-state index is 12.1. The fourth-order valence-electron chi connectivity index (χ4n) is 1.49. The van der Waals surface area contributed by atoms with Crippen LogP contribution in [0.15, 0.2) is 25.1 Å². The number of carbonyl (C=O) groups excluding carboxylic acids is 1. The predicted octanol–water partition coefficient (Wildman–Crippen LogP) is 3.57. The maximum Gasteiger partial charge on any atom is 0.253 e. The quantitative estimate of drug-likeness (QED) is 0.727. The van der Waals surface area contributed by atoms with E-state index in [9.17, 15) is 4.79 Å². The zero-order chi connectivity index (χ0) is 14.5. The van der Waals surface area contributed by atoms with E-state index in [0.29, 0.717) is 18.7 Å². The third-order valence-corrected chi connectivity index (χ3v) is 5.64. The van der Waals surface area contributed by atoms with Gasteiger partial charge in [0, 0.05) is 10.4 Å². The highest BCUT2D eigenvalue weighted by Gasteiger charge is 2.14. The summed E-state index contributed by atoms with van der Waals surface area (Å²) >= 11 is 9.78. The lowest BCUT2D eigenvalue weighted by molar-refractivity contribution is 0.0951. The van der Waals surface area contributed by atoms with E-state index in [-0.39, 0.29) is 5.91 Å². The molecule has 0 aliphatic heterocycles. The maximum absolute atomic E-state index is 12.1. The number of carbonyl (C=O) groups is 1.